The summed E-state index contributed by atoms with van der Waals surface area (Å²) in [5.41, 5.74) is 0. The predicted octanol–water partition coefficient (Wildman–Crippen LogP) is 0.921. The molecule has 0 heterocycles. The van der Waals surface area contributed by atoms with Crippen LogP contribution >= 0.6 is 0 Å². The third-order valence-electron chi connectivity index (χ3n) is 1.31. The molecule has 0 aromatic rings. The van der Waals surface area contributed by atoms with Crippen molar-refractivity contribution in [2.75, 3.05) is 6.54 Å². The van der Waals surface area contributed by atoms with Gasteiger partial charge in [0.1, 0.15) is 0 Å². The van der Waals surface area contributed by atoms with Gasteiger partial charge in [0.25, 0.3) is 0 Å². The minimum absolute atomic E-state index is 0.215. The summed E-state index contributed by atoms with van der Waals surface area (Å²) in [6.45, 7) is 8.25. The molecule has 10 heavy (non-hydrogen) atoms. The van der Waals surface area contributed by atoms with Gasteiger partial charge in [-0.1, -0.05) is 6.08 Å². The van der Waals surface area contributed by atoms with Gasteiger partial charge < -0.3 is 10.4 Å². The van der Waals surface area contributed by atoms with Crippen LogP contribution in [0.1, 0.15) is 20.3 Å². The molecule has 0 rings (SSSR count). The zero-order chi connectivity index (χ0) is 7.98. The zero-order valence-corrected chi connectivity index (χ0v) is 6.80. The fraction of sp³-hybridized carbons (Fsp3) is 0.750. The van der Waals surface area contributed by atoms with Crippen LogP contribution in [0.4, 0.5) is 0 Å². The van der Waals surface area contributed by atoms with E-state index in [-0.39, 0.29) is 6.10 Å². The highest BCUT2D eigenvalue weighted by Crippen LogP contribution is 1.95. The van der Waals surface area contributed by atoms with Crippen LogP contribution in [0.3, 0.4) is 0 Å². The molecular weight excluding hydrogens is 126 g/mol. The Hall–Kier alpha value is -0.340. The van der Waals surface area contributed by atoms with Crippen LogP contribution in [0.2, 0.25) is 0 Å². The van der Waals surface area contributed by atoms with E-state index in [1.807, 2.05) is 6.08 Å². The molecule has 0 fully saturated rings. The van der Waals surface area contributed by atoms with E-state index in [0.717, 1.165) is 13.0 Å². The van der Waals surface area contributed by atoms with Crippen molar-refractivity contribution in [3.63, 3.8) is 0 Å². The molecule has 0 aliphatic heterocycles. The number of hydrogen-bond acceptors (Lipinski definition) is 2. The summed E-state index contributed by atoms with van der Waals surface area (Å²) in [5, 5.41) is 12.1. The number of aliphatic hydroxyl groups is 1. The molecule has 0 aromatic carbocycles. The van der Waals surface area contributed by atoms with E-state index in [9.17, 15) is 0 Å². The standard InChI is InChI=1S/C8H17NO/c1-4-5-9-7(2)6-8(3)10/h4,7-10H,1,5-6H2,2-3H3. The van der Waals surface area contributed by atoms with Crippen molar-refractivity contribution < 1.29 is 5.11 Å². The van der Waals surface area contributed by atoms with Crippen LogP contribution in [-0.2, 0) is 0 Å². The second-order valence-electron chi connectivity index (χ2n) is 2.68. The molecule has 2 unspecified atom stereocenters. The summed E-state index contributed by atoms with van der Waals surface area (Å²) in [7, 11) is 0. The topological polar surface area (TPSA) is 32.3 Å². The summed E-state index contributed by atoms with van der Waals surface area (Å²) >= 11 is 0. The van der Waals surface area contributed by atoms with Gasteiger partial charge in [0.15, 0.2) is 0 Å². The monoisotopic (exact) mass is 143 g/mol. The van der Waals surface area contributed by atoms with Crippen molar-refractivity contribution >= 4 is 0 Å². The predicted molar refractivity (Wildman–Crippen MR) is 44.0 cm³/mol. The molecule has 0 amide bonds. The highest BCUT2D eigenvalue weighted by molar-refractivity contribution is 4.73. The summed E-state index contributed by atoms with van der Waals surface area (Å²) in [6.07, 6.45) is 2.40. The Balaban J connectivity index is 3.24. The van der Waals surface area contributed by atoms with E-state index in [2.05, 4.69) is 18.8 Å². The van der Waals surface area contributed by atoms with Gasteiger partial charge >= 0.3 is 0 Å². The summed E-state index contributed by atoms with van der Waals surface area (Å²) in [6, 6.07) is 0.373. The Labute approximate surface area is 62.9 Å². The van der Waals surface area contributed by atoms with Gasteiger partial charge in [0, 0.05) is 12.6 Å². The maximum Gasteiger partial charge on any atom is 0.0526 e. The van der Waals surface area contributed by atoms with Crippen LogP contribution < -0.4 is 5.32 Å². The lowest BCUT2D eigenvalue weighted by Crippen LogP contribution is -2.29. The Morgan fingerprint density at radius 1 is 1.60 bits per heavy atom. The number of hydrogen-bond donors (Lipinski definition) is 2. The van der Waals surface area contributed by atoms with Crippen molar-refractivity contribution in [1.29, 1.82) is 0 Å². The Bertz CT molecular complexity index is 91.3. The van der Waals surface area contributed by atoms with Crippen molar-refractivity contribution in [1.82, 2.24) is 5.32 Å². The minimum atomic E-state index is -0.215. The molecule has 0 saturated carbocycles. The molecule has 2 N–H and O–H groups in total. The van der Waals surface area contributed by atoms with Crippen molar-refractivity contribution in [3.05, 3.63) is 12.7 Å². The SMILES string of the molecule is C=CCNC(C)CC(C)O. The molecule has 0 aliphatic carbocycles. The number of aliphatic hydroxyl groups excluding tert-OH is 1. The Morgan fingerprint density at radius 3 is 2.60 bits per heavy atom. The zero-order valence-electron chi connectivity index (χ0n) is 6.80. The molecular formula is C8H17NO. The van der Waals surface area contributed by atoms with E-state index >= 15 is 0 Å². The molecule has 0 aliphatic rings. The van der Waals surface area contributed by atoms with Crippen LogP contribution in [0, 0.1) is 0 Å². The van der Waals surface area contributed by atoms with E-state index < -0.39 is 0 Å². The van der Waals surface area contributed by atoms with Gasteiger partial charge in [-0.15, -0.1) is 6.58 Å². The molecule has 0 bridgehead atoms. The largest absolute Gasteiger partial charge is 0.393 e. The van der Waals surface area contributed by atoms with Crippen LogP contribution in [0.15, 0.2) is 12.7 Å². The molecule has 0 spiro atoms. The lowest BCUT2D eigenvalue weighted by molar-refractivity contribution is 0.171. The lowest BCUT2D eigenvalue weighted by Gasteiger charge is -2.13. The van der Waals surface area contributed by atoms with Crippen LogP contribution in [-0.4, -0.2) is 23.8 Å². The smallest absolute Gasteiger partial charge is 0.0526 e. The maximum absolute atomic E-state index is 8.96. The van der Waals surface area contributed by atoms with Crippen molar-refractivity contribution in [2.24, 2.45) is 0 Å². The summed E-state index contributed by atoms with van der Waals surface area (Å²) in [5.74, 6) is 0. The van der Waals surface area contributed by atoms with E-state index in [1.54, 1.807) is 6.92 Å². The molecule has 0 aromatic heterocycles. The summed E-state index contributed by atoms with van der Waals surface area (Å²) < 4.78 is 0. The first kappa shape index (κ1) is 9.66. The average molecular weight is 143 g/mol. The van der Waals surface area contributed by atoms with Crippen molar-refractivity contribution in [3.8, 4) is 0 Å². The quantitative estimate of drug-likeness (QED) is 0.561. The highest BCUT2D eigenvalue weighted by Gasteiger charge is 2.02. The van der Waals surface area contributed by atoms with Crippen LogP contribution in [0.25, 0.3) is 0 Å². The van der Waals surface area contributed by atoms with Gasteiger partial charge in [-0.2, -0.15) is 0 Å². The Morgan fingerprint density at radius 2 is 2.20 bits per heavy atom. The van der Waals surface area contributed by atoms with Gasteiger partial charge in [-0.05, 0) is 20.3 Å². The normalized spacial score (nSPS) is 16.3. The van der Waals surface area contributed by atoms with E-state index in [1.165, 1.54) is 0 Å². The van der Waals surface area contributed by atoms with Crippen molar-refractivity contribution in [2.45, 2.75) is 32.4 Å². The molecule has 0 saturated heterocycles. The molecule has 2 atom stereocenters. The fourth-order valence-electron chi connectivity index (χ4n) is 0.880. The molecule has 2 nitrogen and oxygen atoms in total. The van der Waals surface area contributed by atoms with Gasteiger partial charge in [0.2, 0.25) is 0 Å². The Kier molecular flexibility index (Phi) is 5.26. The number of rotatable bonds is 5. The third-order valence-corrected chi connectivity index (χ3v) is 1.31. The molecule has 60 valence electrons. The maximum atomic E-state index is 8.96. The molecule has 2 heteroatoms. The lowest BCUT2D eigenvalue weighted by atomic mass is 10.1. The third kappa shape index (κ3) is 5.79. The van der Waals surface area contributed by atoms with Crippen LogP contribution in [0.5, 0.6) is 0 Å². The summed E-state index contributed by atoms with van der Waals surface area (Å²) in [4.78, 5) is 0. The first-order valence-corrected chi connectivity index (χ1v) is 3.69. The first-order valence-electron chi connectivity index (χ1n) is 3.69. The van der Waals surface area contributed by atoms with Gasteiger partial charge in [0.05, 0.1) is 6.10 Å². The van der Waals surface area contributed by atoms with Gasteiger partial charge in [-0.3, -0.25) is 0 Å². The fourth-order valence-corrected chi connectivity index (χ4v) is 0.880. The first-order chi connectivity index (χ1) is 4.66. The highest BCUT2D eigenvalue weighted by atomic mass is 16.3. The minimum Gasteiger partial charge on any atom is -0.393 e. The van der Waals surface area contributed by atoms with Gasteiger partial charge in [-0.25, -0.2) is 0 Å². The van der Waals surface area contributed by atoms with E-state index in [0.29, 0.717) is 6.04 Å². The molecule has 0 radical (unpaired) electrons. The second-order valence-corrected chi connectivity index (χ2v) is 2.68. The van der Waals surface area contributed by atoms with E-state index in [4.69, 9.17) is 5.11 Å². The number of nitrogens with one attached hydrogen (secondary N) is 1. The average Bonchev–Trinajstić information content (AvgIpc) is 1.82. The second kappa shape index (κ2) is 5.45.